The fourth-order valence-electron chi connectivity index (χ4n) is 6.85. The van der Waals surface area contributed by atoms with Gasteiger partial charge in [0, 0.05) is 25.2 Å². The number of Topliss-reactive ketones (excluding diaryl/α,β-unsaturated/α-hetero) is 2. The molecule has 0 unspecified atom stereocenters. The van der Waals surface area contributed by atoms with Crippen molar-refractivity contribution < 1.29 is 19.8 Å². The standard InChI is InChI=1S/C19H28O4/c1-18-6-5-11(20)7-10(18)3-4-12-13(18)8-15(22)19(2)16(23)9-14(21)17(12)19/h10,12-15,17,21-22H,3-9H2,1-2H3/t10-,12+,13+,14-,15-,17-,18-,19-/m0/s1. The van der Waals surface area contributed by atoms with E-state index in [1.807, 2.05) is 6.92 Å². The van der Waals surface area contributed by atoms with Gasteiger partial charge in [-0.15, -0.1) is 0 Å². The summed E-state index contributed by atoms with van der Waals surface area (Å²) < 4.78 is 0. The van der Waals surface area contributed by atoms with Crippen LogP contribution in [-0.4, -0.2) is 34.0 Å². The normalized spacial score (nSPS) is 56.0. The SMILES string of the molecule is C[C@]12CCC(=O)C[C@@H]1CC[C@H]1[C@H]3[C@@H](O)CC(=O)[C@]3(C)[C@@H](O)C[C@H]12. The van der Waals surface area contributed by atoms with E-state index in [0.29, 0.717) is 42.8 Å². The molecule has 4 fully saturated rings. The van der Waals surface area contributed by atoms with Crippen molar-refractivity contribution in [2.45, 2.75) is 71.0 Å². The van der Waals surface area contributed by atoms with Gasteiger partial charge in [-0.3, -0.25) is 9.59 Å². The van der Waals surface area contributed by atoms with Crippen LogP contribution in [-0.2, 0) is 9.59 Å². The van der Waals surface area contributed by atoms with Crippen molar-refractivity contribution in [3.8, 4) is 0 Å². The molecule has 4 saturated carbocycles. The van der Waals surface area contributed by atoms with E-state index in [2.05, 4.69) is 6.92 Å². The maximum absolute atomic E-state index is 12.5. The fourth-order valence-corrected chi connectivity index (χ4v) is 6.85. The van der Waals surface area contributed by atoms with Gasteiger partial charge in [-0.05, 0) is 55.8 Å². The minimum atomic E-state index is -0.770. The Labute approximate surface area is 137 Å². The molecule has 0 aliphatic heterocycles. The Balaban J connectivity index is 1.72. The predicted molar refractivity (Wildman–Crippen MR) is 84.5 cm³/mol. The Morgan fingerprint density at radius 3 is 2.57 bits per heavy atom. The molecule has 4 aliphatic carbocycles. The molecular formula is C19H28O4. The number of hydrogen-bond donors (Lipinski definition) is 2. The Hall–Kier alpha value is -0.740. The maximum atomic E-state index is 12.5. The number of ketones is 2. The Kier molecular flexibility index (Phi) is 3.35. The number of aliphatic hydroxyl groups excluding tert-OH is 2. The molecule has 8 atom stereocenters. The zero-order valence-electron chi connectivity index (χ0n) is 14.1. The van der Waals surface area contributed by atoms with Crippen LogP contribution < -0.4 is 0 Å². The van der Waals surface area contributed by atoms with E-state index in [-0.39, 0.29) is 23.5 Å². The van der Waals surface area contributed by atoms with Gasteiger partial charge in [-0.1, -0.05) is 6.92 Å². The zero-order chi connectivity index (χ0) is 16.6. The molecule has 2 N–H and O–H groups in total. The number of rotatable bonds is 0. The van der Waals surface area contributed by atoms with E-state index in [1.165, 1.54) is 0 Å². The highest BCUT2D eigenvalue weighted by molar-refractivity contribution is 5.88. The molecule has 0 spiro atoms. The summed E-state index contributed by atoms with van der Waals surface area (Å²) in [6, 6.07) is 0. The number of carbonyl (C=O) groups excluding carboxylic acids is 2. The van der Waals surface area contributed by atoms with Crippen molar-refractivity contribution >= 4 is 11.6 Å². The predicted octanol–water partition coefficient (Wildman–Crippen LogP) is 2.11. The molecule has 4 aliphatic rings. The second-order valence-electron chi connectivity index (χ2n) is 9.05. The lowest BCUT2D eigenvalue weighted by molar-refractivity contribution is -0.175. The van der Waals surface area contributed by atoms with Crippen molar-refractivity contribution in [2.75, 3.05) is 0 Å². The number of aliphatic hydroxyl groups is 2. The van der Waals surface area contributed by atoms with E-state index in [0.717, 1.165) is 19.3 Å². The highest BCUT2D eigenvalue weighted by Crippen LogP contribution is 2.65. The molecule has 0 amide bonds. The molecule has 0 aromatic heterocycles. The lowest BCUT2D eigenvalue weighted by atomic mass is 9.44. The summed E-state index contributed by atoms with van der Waals surface area (Å²) in [6.45, 7) is 4.16. The Morgan fingerprint density at radius 1 is 1.09 bits per heavy atom. The summed E-state index contributed by atoms with van der Waals surface area (Å²) in [6.07, 6.45) is 3.80. The molecule has 4 heteroatoms. The van der Waals surface area contributed by atoms with Gasteiger partial charge in [0.1, 0.15) is 11.6 Å². The van der Waals surface area contributed by atoms with Gasteiger partial charge >= 0.3 is 0 Å². The fraction of sp³-hybridized carbons (Fsp3) is 0.895. The molecule has 0 aromatic carbocycles. The third kappa shape index (κ3) is 1.91. The van der Waals surface area contributed by atoms with Crippen molar-refractivity contribution in [3.05, 3.63) is 0 Å². The molecular weight excluding hydrogens is 292 g/mol. The number of hydrogen-bond acceptors (Lipinski definition) is 4. The topological polar surface area (TPSA) is 74.6 Å². The van der Waals surface area contributed by atoms with E-state index in [4.69, 9.17) is 0 Å². The number of fused-ring (bicyclic) bond motifs is 5. The number of carbonyl (C=O) groups is 2. The van der Waals surface area contributed by atoms with E-state index >= 15 is 0 Å². The molecule has 0 heterocycles. The van der Waals surface area contributed by atoms with Gasteiger partial charge in [0.15, 0.2) is 0 Å². The first kappa shape index (κ1) is 15.8. The Morgan fingerprint density at radius 2 is 1.83 bits per heavy atom. The van der Waals surface area contributed by atoms with Gasteiger partial charge in [-0.2, -0.15) is 0 Å². The second kappa shape index (κ2) is 4.89. The van der Waals surface area contributed by atoms with Crippen LogP contribution in [0.4, 0.5) is 0 Å². The van der Waals surface area contributed by atoms with E-state index in [9.17, 15) is 19.8 Å². The first-order valence-corrected chi connectivity index (χ1v) is 9.19. The summed E-state index contributed by atoms with van der Waals surface area (Å²) in [5.74, 6) is 1.34. The van der Waals surface area contributed by atoms with E-state index < -0.39 is 17.6 Å². The van der Waals surface area contributed by atoms with Gasteiger partial charge in [0.2, 0.25) is 0 Å². The van der Waals surface area contributed by atoms with Crippen LogP contribution >= 0.6 is 0 Å². The Bertz CT molecular complexity index is 558. The van der Waals surface area contributed by atoms with Gasteiger partial charge in [0.05, 0.1) is 17.6 Å². The van der Waals surface area contributed by atoms with Crippen molar-refractivity contribution in [1.29, 1.82) is 0 Å². The van der Waals surface area contributed by atoms with Gasteiger partial charge < -0.3 is 10.2 Å². The first-order valence-electron chi connectivity index (χ1n) is 9.19. The van der Waals surface area contributed by atoms with Crippen LogP contribution in [0.5, 0.6) is 0 Å². The molecule has 0 radical (unpaired) electrons. The van der Waals surface area contributed by atoms with Gasteiger partial charge in [-0.25, -0.2) is 0 Å². The van der Waals surface area contributed by atoms with Crippen LogP contribution in [0.25, 0.3) is 0 Å². The van der Waals surface area contributed by atoms with Crippen molar-refractivity contribution in [1.82, 2.24) is 0 Å². The first-order chi connectivity index (χ1) is 10.8. The van der Waals surface area contributed by atoms with Crippen molar-refractivity contribution in [3.63, 3.8) is 0 Å². The van der Waals surface area contributed by atoms with Crippen LogP contribution in [0.3, 0.4) is 0 Å². The largest absolute Gasteiger partial charge is 0.392 e. The lowest BCUT2D eigenvalue weighted by Crippen LogP contribution is -2.59. The van der Waals surface area contributed by atoms with Crippen LogP contribution in [0, 0.1) is 34.5 Å². The van der Waals surface area contributed by atoms with Gasteiger partial charge in [0.25, 0.3) is 0 Å². The average molecular weight is 320 g/mol. The summed E-state index contributed by atoms with van der Waals surface area (Å²) in [5.41, 5.74) is -0.696. The molecule has 0 bridgehead atoms. The highest BCUT2D eigenvalue weighted by Gasteiger charge is 2.65. The average Bonchev–Trinajstić information content (AvgIpc) is 2.73. The van der Waals surface area contributed by atoms with Crippen LogP contribution in [0.2, 0.25) is 0 Å². The highest BCUT2D eigenvalue weighted by atomic mass is 16.3. The molecule has 0 saturated heterocycles. The summed E-state index contributed by atoms with van der Waals surface area (Å²) in [5, 5.41) is 21.4. The van der Waals surface area contributed by atoms with E-state index in [1.54, 1.807) is 0 Å². The smallest absolute Gasteiger partial charge is 0.144 e. The molecule has 4 nitrogen and oxygen atoms in total. The van der Waals surface area contributed by atoms with Crippen molar-refractivity contribution in [2.24, 2.45) is 34.5 Å². The second-order valence-corrected chi connectivity index (χ2v) is 9.05. The summed E-state index contributed by atoms with van der Waals surface area (Å²) >= 11 is 0. The lowest BCUT2D eigenvalue weighted by Gasteiger charge is -2.60. The summed E-state index contributed by atoms with van der Waals surface area (Å²) in [4.78, 5) is 24.3. The monoisotopic (exact) mass is 320 g/mol. The van der Waals surface area contributed by atoms with Crippen LogP contribution in [0.1, 0.15) is 58.8 Å². The summed E-state index contributed by atoms with van der Waals surface area (Å²) in [7, 11) is 0. The molecule has 23 heavy (non-hydrogen) atoms. The third-order valence-corrected chi connectivity index (χ3v) is 8.29. The molecule has 128 valence electrons. The minimum Gasteiger partial charge on any atom is -0.392 e. The third-order valence-electron chi connectivity index (χ3n) is 8.29. The molecule has 4 rings (SSSR count). The maximum Gasteiger partial charge on any atom is 0.144 e. The van der Waals surface area contributed by atoms with Crippen LogP contribution in [0.15, 0.2) is 0 Å². The minimum absolute atomic E-state index is 0.0343. The quantitative estimate of drug-likeness (QED) is 0.717. The zero-order valence-corrected chi connectivity index (χ0v) is 14.1. The molecule has 0 aromatic rings.